The number of hydrogen-bond donors (Lipinski definition) is 0. The minimum absolute atomic E-state index is 0.231. The van der Waals surface area contributed by atoms with Crippen LogP contribution in [-0.4, -0.2) is 25.2 Å². The highest BCUT2D eigenvalue weighted by molar-refractivity contribution is 5.98. The average molecular weight is 262 g/mol. The van der Waals surface area contributed by atoms with E-state index in [1.807, 2.05) is 0 Å². The zero-order valence-corrected chi connectivity index (χ0v) is 10.9. The van der Waals surface area contributed by atoms with Gasteiger partial charge in [0, 0.05) is 19.4 Å². The van der Waals surface area contributed by atoms with Crippen LogP contribution >= 0.6 is 0 Å². The monoisotopic (exact) mass is 262 g/mol. The lowest BCUT2D eigenvalue weighted by Crippen LogP contribution is -2.39. The Balaban J connectivity index is 2.63. The van der Waals surface area contributed by atoms with Gasteiger partial charge in [-0.3, -0.25) is 4.79 Å². The van der Waals surface area contributed by atoms with Crippen LogP contribution in [0.5, 0.6) is 11.5 Å². The van der Waals surface area contributed by atoms with Gasteiger partial charge >= 0.3 is 5.97 Å². The molecule has 1 aromatic rings. The zero-order valence-electron chi connectivity index (χ0n) is 10.9. The number of allylic oxidation sites excluding steroid dienone is 1. The molecule has 0 atom stereocenters. The molecule has 0 bridgehead atoms. The van der Waals surface area contributed by atoms with Gasteiger partial charge in [-0.2, -0.15) is 0 Å². The first-order chi connectivity index (χ1) is 8.98. The van der Waals surface area contributed by atoms with Gasteiger partial charge in [0.2, 0.25) is 5.79 Å². The van der Waals surface area contributed by atoms with E-state index in [9.17, 15) is 9.59 Å². The third-order valence-corrected chi connectivity index (χ3v) is 2.61. The van der Waals surface area contributed by atoms with Crippen LogP contribution in [0.2, 0.25) is 0 Å². The van der Waals surface area contributed by atoms with Crippen LogP contribution < -0.4 is 9.47 Å². The fraction of sp³-hybridized carbons (Fsp3) is 0.286. The van der Waals surface area contributed by atoms with Crippen molar-refractivity contribution in [2.75, 3.05) is 7.11 Å². The quantitative estimate of drug-likeness (QED) is 0.474. The summed E-state index contributed by atoms with van der Waals surface area (Å²) in [4.78, 5) is 22.4. The molecule has 1 aliphatic rings. The predicted octanol–water partition coefficient (Wildman–Crippen LogP) is 2.19. The molecule has 1 aromatic carbocycles. The number of hydrogen-bond acceptors (Lipinski definition) is 5. The lowest BCUT2D eigenvalue weighted by atomic mass is 10.0. The van der Waals surface area contributed by atoms with Crippen LogP contribution in [0.15, 0.2) is 18.2 Å². The predicted molar refractivity (Wildman–Crippen MR) is 68.2 cm³/mol. The molecule has 100 valence electrons. The fourth-order valence-electron chi connectivity index (χ4n) is 1.87. The van der Waals surface area contributed by atoms with Gasteiger partial charge in [-0.25, -0.2) is 4.79 Å². The Morgan fingerprint density at radius 1 is 1.26 bits per heavy atom. The Hall–Kier alpha value is -2.30. The molecule has 19 heavy (non-hydrogen) atoms. The average Bonchev–Trinajstić information content (AvgIpc) is 2.34. The van der Waals surface area contributed by atoms with E-state index < -0.39 is 11.8 Å². The van der Waals surface area contributed by atoms with E-state index >= 15 is 0 Å². The molecule has 2 rings (SSSR count). The number of benzene rings is 1. The summed E-state index contributed by atoms with van der Waals surface area (Å²) in [6.45, 7) is 3.28. The first kappa shape index (κ1) is 13.1. The third-order valence-electron chi connectivity index (χ3n) is 2.61. The minimum Gasteiger partial charge on any atom is -0.496 e. The standard InChI is InChI=1S/C14H14O5/c1-14(2)18-12-9(5-4-8-15)6-7-10(17-3)11(12)13(16)19-14/h4-8H,1-3H3/b5-4+. The summed E-state index contributed by atoms with van der Waals surface area (Å²) in [6.07, 6.45) is 3.56. The SMILES string of the molecule is COc1ccc(/C=C/C=O)c2c1C(=O)OC(C)(C)O2. The maximum atomic E-state index is 12.0. The Morgan fingerprint density at radius 3 is 2.63 bits per heavy atom. The van der Waals surface area contributed by atoms with Gasteiger partial charge in [-0.05, 0) is 24.3 Å². The summed E-state index contributed by atoms with van der Waals surface area (Å²) < 4.78 is 16.0. The molecular formula is C14H14O5. The summed E-state index contributed by atoms with van der Waals surface area (Å²) in [7, 11) is 1.46. The van der Waals surface area contributed by atoms with Crippen molar-refractivity contribution < 1.29 is 23.8 Å². The molecule has 0 amide bonds. The maximum Gasteiger partial charge on any atom is 0.349 e. The minimum atomic E-state index is -1.06. The van der Waals surface area contributed by atoms with E-state index in [4.69, 9.17) is 14.2 Å². The molecule has 0 saturated carbocycles. The number of fused-ring (bicyclic) bond motifs is 1. The van der Waals surface area contributed by atoms with E-state index in [1.165, 1.54) is 13.2 Å². The van der Waals surface area contributed by atoms with Crippen molar-refractivity contribution >= 4 is 18.3 Å². The maximum absolute atomic E-state index is 12.0. The van der Waals surface area contributed by atoms with E-state index in [1.54, 1.807) is 32.1 Å². The molecule has 0 spiro atoms. The Kier molecular flexibility index (Phi) is 3.29. The van der Waals surface area contributed by atoms with Crippen LogP contribution in [0.25, 0.3) is 6.08 Å². The first-order valence-electron chi connectivity index (χ1n) is 5.73. The van der Waals surface area contributed by atoms with Crippen LogP contribution in [0.1, 0.15) is 29.8 Å². The van der Waals surface area contributed by atoms with E-state index in [-0.39, 0.29) is 5.56 Å². The summed E-state index contributed by atoms with van der Waals surface area (Å²) >= 11 is 0. The topological polar surface area (TPSA) is 61.8 Å². The first-order valence-corrected chi connectivity index (χ1v) is 5.73. The third kappa shape index (κ3) is 2.45. The van der Waals surface area contributed by atoms with Crippen LogP contribution in [0.4, 0.5) is 0 Å². The van der Waals surface area contributed by atoms with Crippen LogP contribution in [-0.2, 0) is 9.53 Å². The lowest BCUT2D eigenvalue weighted by Gasteiger charge is -2.33. The van der Waals surface area contributed by atoms with E-state index in [0.717, 1.165) is 0 Å². The summed E-state index contributed by atoms with van der Waals surface area (Å²) in [5, 5.41) is 0. The highest BCUT2D eigenvalue weighted by Gasteiger charge is 2.37. The number of carbonyl (C=O) groups is 2. The molecule has 1 heterocycles. The van der Waals surface area contributed by atoms with Crippen molar-refractivity contribution in [3.63, 3.8) is 0 Å². The molecule has 5 heteroatoms. The number of methoxy groups -OCH3 is 1. The normalized spacial score (nSPS) is 16.5. The van der Waals surface area contributed by atoms with Crippen molar-refractivity contribution in [3.05, 3.63) is 29.3 Å². The summed E-state index contributed by atoms with van der Waals surface area (Å²) in [6, 6.07) is 3.35. The molecular weight excluding hydrogens is 248 g/mol. The molecule has 0 aliphatic carbocycles. The van der Waals surface area contributed by atoms with Crippen molar-refractivity contribution in [3.8, 4) is 11.5 Å². The van der Waals surface area contributed by atoms with Gasteiger partial charge in [-0.15, -0.1) is 0 Å². The number of ether oxygens (including phenoxy) is 3. The molecule has 0 radical (unpaired) electrons. The van der Waals surface area contributed by atoms with Crippen LogP contribution in [0, 0.1) is 0 Å². The number of esters is 1. The van der Waals surface area contributed by atoms with Crippen molar-refractivity contribution in [1.29, 1.82) is 0 Å². The summed E-state index contributed by atoms with van der Waals surface area (Å²) in [5.74, 6) is -0.831. The molecule has 0 N–H and O–H groups in total. The Labute approximate surface area is 110 Å². The van der Waals surface area contributed by atoms with Crippen LogP contribution in [0.3, 0.4) is 0 Å². The van der Waals surface area contributed by atoms with Gasteiger partial charge < -0.3 is 14.2 Å². The largest absolute Gasteiger partial charge is 0.496 e. The number of aldehydes is 1. The smallest absolute Gasteiger partial charge is 0.349 e. The highest BCUT2D eigenvalue weighted by Crippen LogP contribution is 2.40. The van der Waals surface area contributed by atoms with Gasteiger partial charge in [-0.1, -0.05) is 0 Å². The molecule has 0 fully saturated rings. The second-order valence-electron chi connectivity index (χ2n) is 4.45. The molecule has 1 aliphatic heterocycles. The second-order valence-corrected chi connectivity index (χ2v) is 4.45. The lowest BCUT2D eigenvalue weighted by molar-refractivity contribution is -0.127. The van der Waals surface area contributed by atoms with Crippen molar-refractivity contribution in [1.82, 2.24) is 0 Å². The molecule has 0 unspecified atom stereocenters. The van der Waals surface area contributed by atoms with E-state index in [2.05, 4.69) is 0 Å². The number of rotatable bonds is 3. The zero-order chi connectivity index (χ0) is 14.0. The second kappa shape index (κ2) is 4.76. The van der Waals surface area contributed by atoms with Crippen molar-refractivity contribution in [2.24, 2.45) is 0 Å². The van der Waals surface area contributed by atoms with Gasteiger partial charge in [0.25, 0.3) is 0 Å². The fourth-order valence-corrected chi connectivity index (χ4v) is 1.87. The summed E-state index contributed by atoms with van der Waals surface area (Å²) in [5.41, 5.74) is 0.850. The highest BCUT2D eigenvalue weighted by atomic mass is 16.7. The van der Waals surface area contributed by atoms with E-state index in [0.29, 0.717) is 23.3 Å². The van der Waals surface area contributed by atoms with Gasteiger partial charge in [0.05, 0.1) is 7.11 Å². The van der Waals surface area contributed by atoms with Gasteiger partial charge in [0.15, 0.2) is 0 Å². The Bertz CT molecular complexity index is 557. The number of carbonyl (C=O) groups excluding carboxylic acids is 2. The molecule has 0 saturated heterocycles. The molecule has 5 nitrogen and oxygen atoms in total. The number of cyclic esters (lactones) is 1. The van der Waals surface area contributed by atoms with Crippen molar-refractivity contribution in [2.45, 2.75) is 19.6 Å². The Morgan fingerprint density at radius 2 is 2.00 bits per heavy atom. The van der Waals surface area contributed by atoms with Gasteiger partial charge in [0.1, 0.15) is 23.3 Å². The molecule has 0 aromatic heterocycles.